The van der Waals surface area contributed by atoms with Gasteiger partial charge in [-0.05, 0) is 46.0 Å². The van der Waals surface area contributed by atoms with Crippen LogP contribution in [-0.2, 0) is 4.79 Å². The molecule has 1 saturated heterocycles. The van der Waals surface area contributed by atoms with Crippen LogP contribution in [0.5, 0.6) is 0 Å². The first-order valence-electron chi connectivity index (χ1n) is 9.00. The predicted octanol–water partition coefficient (Wildman–Crippen LogP) is 3.17. The van der Waals surface area contributed by atoms with Crippen molar-refractivity contribution in [2.45, 2.75) is 47.1 Å². The Kier molecular flexibility index (Phi) is 7.29. The van der Waals surface area contributed by atoms with Crippen LogP contribution in [-0.4, -0.2) is 49.6 Å². The Morgan fingerprint density at radius 3 is 2.00 bits per heavy atom. The number of hydrogen-bond donors (Lipinski definition) is 2. The predicted molar refractivity (Wildman–Crippen MR) is 108 cm³/mol. The van der Waals surface area contributed by atoms with Gasteiger partial charge in [0.15, 0.2) is 0 Å². The number of rotatable bonds is 2. The Morgan fingerprint density at radius 2 is 1.56 bits per heavy atom. The zero-order valence-electron chi connectivity index (χ0n) is 17.0. The number of amides is 1. The molecule has 0 unspecified atom stereocenters. The number of nitrogens with zero attached hydrogens (tertiary/aromatic N) is 2. The maximum atomic E-state index is 10.2. The van der Waals surface area contributed by atoms with Gasteiger partial charge >= 0.3 is 0 Å². The first-order valence-corrected chi connectivity index (χ1v) is 9.00. The van der Waals surface area contributed by atoms with Crippen molar-refractivity contribution in [1.82, 2.24) is 4.90 Å². The molecule has 142 valence electrons. The van der Waals surface area contributed by atoms with E-state index in [0.29, 0.717) is 0 Å². The highest BCUT2D eigenvalue weighted by Crippen LogP contribution is 2.22. The summed E-state index contributed by atoms with van der Waals surface area (Å²) in [4.78, 5) is 15.1. The number of likely N-dealkylation sites (N-methyl/N-ethyl adjacent to an activating group) is 1. The highest BCUT2D eigenvalue weighted by Gasteiger charge is 2.16. The normalized spacial score (nSPS) is 16.0. The molecule has 2 rings (SSSR count). The Balaban J connectivity index is 0.000000381. The lowest BCUT2D eigenvalue weighted by Gasteiger charge is -2.34. The molecule has 0 aromatic heterocycles. The first kappa shape index (κ1) is 21.3. The monoisotopic (exact) mass is 348 g/mol. The van der Waals surface area contributed by atoms with E-state index in [1.54, 1.807) is 20.8 Å². The average Bonchev–Trinajstić information content (AvgIpc) is 2.46. The van der Waals surface area contributed by atoms with Crippen LogP contribution in [0.15, 0.2) is 24.3 Å². The van der Waals surface area contributed by atoms with E-state index < -0.39 is 0 Å². The van der Waals surface area contributed by atoms with Crippen molar-refractivity contribution < 1.29 is 4.79 Å². The molecule has 1 aromatic rings. The third-order valence-corrected chi connectivity index (χ3v) is 3.97. The van der Waals surface area contributed by atoms with E-state index in [9.17, 15) is 4.79 Å². The van der Waals surface area contributed by atoms with Crippen LogP contribution in [0.3, 0.4) is 0 Å². The average molecular weight is 349 g/mol. The van der Waals surface area contributed by atoms with Crippen molar-refractivity contribution in [3.05, 3.63) is 24.3 Å². The number of carbonyl (C=O) groups excluding carboxylic acids is 1. The molecular weight excluding hydrogens is 312 g/mol. The zero-order valence-corrected chi connectivity index (χ0v) is 17.0. The summed E-state index contributed by atoms with van der Waals surface area (Å²) in [6.07, 6.45) is 0. The van der Waals surface area contributed by atoms with E-state index in [1.165, 1.54) is 11.4 Å². The number of anilines is 2. The maximum absolute atomic E-state index is 10.2. The van der Waals surface area contributed by atoms with Gasteiger partial charge in [0.1, 0.15) is 0 Å². The van der Waals surface area contributed by atoms with Crippen molar-refractivity contribution in [3.63, 3.8) is 0 Å². The van der Waals surface area contributed by atoms with Crippen LogP contribution in [0.1, 0.15) is 41.5 Å². The molecule has 5 heteroatoms. The van der Waals surface area contributed by atoms with Crippen molar-refractivity contribution in [1.29, 1.82) is 0 Å². The van der Waals surface area contributed by atoms with Crippen LogP contribution in [0.2, 0.25) is 0 Å². The standard InChI is InChI=1S/C15H25N3.C5H11NO/c1-15(2,3)16-13-6-5-7-14(12-13)18-10-8-17(4)9-11-18;1-5(2,3)4(6)7/h5-7,12,16H,8-11H2,1-4H3;1-3H3,(H2,6,7). The van der Waals surface area contributed by atoms with Gasteiger partial charge in [0.25, 0.3) is 0 Å². The molecule has 1 amide bonds. The van der Waals surface area contributed by atoms with Crippen LogP contribution in [0, 0.1) is 5.41 Å². The quantitative estimate of drug-likeness (QED) is 0.862. The Hall–Kier alpha value is -1.75. The third-order valence-electron chi connectivity index (χ3n) is 3.97. The van der Waals surface area contributed by atoms with E-state index in [-0.39, 0.29) is 16.9 Å². The van der Waals surface area contributed by atoms with Crippen LogP contribution < -0.4 is 16.0 Å². The molecule has 0 aliphatic carbocycles. The molecule has 1 aromatic carbocycles. The van der Waals surface area contributed by atoms with Crippen molar-refractivity contribution in [3.8, 4) is 0 Å². The first-order chi connectivity index (χ1) is 11.4. The van der Waals surface area contributed by atoms with E-state index >= 15 is 0 Å². The number of nitrogens with two attached hydrogens (primary N) is 1. The van der Waals surface area contributed by atoms with Gasteiger partial charge in [0.2, 0.25) is 5.91 Å². The summed E-state index contributed by atoms with van der Waals surface area (Å²) >= 11 is 0. The molecule has 25 heavy (non-hydrogen) atoms. The van der Waals surface area contributed by atoms with Gasteiger partial charge in [0.05, 0.1) is 0 Å². The zero-order chi connectivity index (χ0) is 19.3. The molecule has 0 atom stereocenters. The van der Waals surface area contributed by atoms with Gasteiger partial charge < -0.3 is 20.9 Å². The van der Waals surface area contributed by atoms with Gasteiger partial charge in [-0.1, -0.05) is 26.8 Å². The molecule has 1 aliphatic rings. The van der Waals surface area contributed by atoms with Crippen LogP contribution in [0.25, 0.3) is 0 Å². The molecule has 0 radical (unpaired) electrons. The lowest BCUT2D eigenvalue weighted by atomic mass is 9.96. The van der Waals surface area contributed by atoms with Gasteiger partial charge in [0, 0.05) is 48.5 Å². The summed E-state index contributed by atoms with van der Waals surface area (Å²) in [7, 11) is 2.19. The molecule has 1 heterocycles. The molecule has 0 bridgehead atoms. The molecule has 0 saturated carbocycles. The second-order valence-corrected chi connectivity index (χ2v) is 8.83. The molecule has 1 fully saturated rings. The summed E-state index contributed by atoms with van der Waals surface area (Å²) in [5, 5.41) is 3.53. The van der Waals surface area contributed by atoms with Crippen LogP contribution >= 0.6 is 0 Å². The summed E-state index contributed by atoms with van der Waals surface area (Å²) in [5.41, 5.74) is 7.22. The van der Waals surface area contributed by atoms with Gasteiger partial charge in [-0.25, -0.2) is 0 Å². The van der Waals surface area contributed by atoms with E-state index in [0.717, 1.165) is 26.2 Å². The maximum Gasteiger partial charge on any atom is 0.222 e. The van der Waals surface area contributed by atoms with Gasteiger partial charge in [-0.2, -0.15) is 0 Å². The van der Waals surface area contributed by atoms with Crippen molar-refractivity contribution in [2.75, 3.05) is 43.4 Å². The number of primary amides is 1. The fourth-order valence-electron chi connectivity index (χ4n) is 2.28. The number of hydrogen-bond acceptors (Lipinski definition) is 4. The van der Waals surface area contributed by atoms with Gasteiger partial charge in [-0.3, -0.25) is 4.79 Å². The molecular formula is C20H36N4O. The second-order valence-electron chi connectivity index (χ2n) is 8.83. The largest absolute Gasteiger partial charge is 0.380 e. The molecule has 0 spiro atoms. The minimum atomic E-state index is -0.361. The Labute approximate surface area is 153 Å². The Bertz CT molecular complexity index is 550. The van der Waals surface area contributed by atoms with E-state index in [2.05, 4.69) is 67.2 Å². The number of carbonyl (C=O) groups is 1. The highest BCUT2D eigenvalue weighted by molar-refractivity contribution is 5.79. The second kappa shape index (κ2) is 8.56. The van der Waals surface area contributed by atoms with Crippen molar-refractivity contribution >= 4 is 17.3 Å². The number of benzene rings is 1. The SMILES string of the molecule is CC(C)(C)C(N)=O.CN1CCN(c2cccc(NC(C)(C)C)c2)CC1. The van der Waals surface area contributed by atoms with Crippen LogP contribution in [0.4, 0.5) is 11.4 Å². The van der Waals surface area contributed by atoms with E-state index in [4.69, 9.17) is 5.73 Å². The smallest absolute Gasteiger partial charge is 0.222 e. The molecule has 5 nitrogen and oxygen atoms in total. The summed E-state index contributed by atoms with van der Waals surface area (Å²) < 4.78 is 0. The third kappa shape index (κ3) is 8.25. The minimum Gasteiger partial charge on any atom is -0.380 e. The fraction of sp³-hybridized carbons (Fsp3) is 0.650. The van der Waals surface area contributed by atoms with Crippen molar-refractivity contribution in [2.24, 2.45) is 11.1 Å². The number of piperazine rings is 1. The Morgan fingerprint density at radius 1 is 1.04 bits per heavy atom. The van der Waals surface area contributed by atoms with Gasteiger partial charge in [-0.15, -0.1) is 0 Å². The minimum absolute atomic E-state index is 0.112. The lowest BCUT2D eigenvalue weighted by molar-refractivity contribution is -0.125. The molecule has 3 N–H and O–H groups in total. The topological polar surface area (TPSA) is 61.6 Å². The number of nitrogens with one attached hydrogen (secondary N) is 1. The summed E-state index contributed by atoms with van der Waals surface area (Å²) in [6, 6.07) is 8.75. The summed E-state index contributed by atoms with van der Waals surface area (Å²) in [6.45, 7) is 16.5. The fourth-order valence-corrected chi connectivity index (χ4v) is 2.28. The highest BCUT2D eigenvalue weighted by atomic mass is 16.1. The van der Waals surface area contributed by atoms with E-state index in [1.807, 2.05) is 0 Å². The summed E-state index contributed by atoms with van der Waals surface area (Å²) in [5.74, 6) is -0.257. The molecule has 1 aliphatic heterocycles. The lowest BCUT2D eigenvalue weighted by Crippen LogP contribution is -2.44.